The van der Waals surface area contributed by atoms with Gasteiger partial charge >= 0.3 is 0 Å². The third-order valence-corrected chi connectivity index (χ3v) is 1.34. The maximum atomic E-state index is 8.91. The Hall–Kier alpha value is -0.120. The molecule has 0 aromatic carbocycles. The minimum absolute atomic E-state index is 0.0741. The van der Waals surface area contributed by atoms with Crippen molar-refractivity contribution in [3.05, 3.63) is 0 Å². The Kier molecular flexibility index (Phi) is 5.58. The van der Waals surface area contributed by atoms with Crippen molar-refractivity contribution >= 4 is 0 Å². The Morgan fingerprint density at radius 1 is 1.50 bits per heavy atom. The minimum Gasteiger partial charge on any atom is -0.396 e. The van der Waals surface area contributed by atoms with Gasteiger partial charge in [0.15, 0.2) is 0 Å². The molecule has 62 valence electrons. The van der Waals surface area contributed by atoms with Crippen LogP contribution in [0.2, 0.25) is 0 Å². The van der Waals surface area contributed by atoms with E-state index in [2.05, 4.69) is 0 Å². The van der Waals surface area contributed by atoms with Crippen molar-refractivity contribution < 1.29 is 14.9 Å². The van der Waals surface area contributed by atoms with E-state index in [4.69, 9.17) is 14.9 Å². The van der Waals surface area contributed by atoms with Gasteiger partial charge in [0.05, 0.1) is 12.7 Å². The first kappa shape index (κ1) is 9.88. The van der Waals surface area contributed by atoms with Crippen LogP contribution in [-0.4, -0.2) is 36.6 Å². The summed E-state index contributed by atoms with van der Waals surface area (Å²) in [5.74, 6) is 0.0741. The SMILES string of the molecule is COC[C@@H](CO)C[C@@H](C)O. The highest BCUT2D eigenvalue weighted by Crippen LogP contribution is 2.05. The van der Waals surface area contributed by atoms with Crippen LogP contribution in [0.4, 0.5) is 0 Å². The van der Waals surface area contributed by atoms with Crippen LogP contribution < -0.4 is 0 Å². The fourth-order valence-electron chi connectivity index (χ4n) is 0.913. The van der Waals surface area contributed by atoms with Crippen molar-refractivity contribution in [1.82, 2.24) is 0 Å². The summed E-state index contributed by atoms with van der Waals surface area (Å²) in [7, 11) is 1.59. The lowest BCUT2D eigenvalue weighted by Gasteiger charge is -2.13. The van der Waals surface area contributed by atoms with Gasteiger partial charge in [0, 0.05) is 19.6 Å². The van der Waals surface area contributed by atoms with Crippen LogP contribution >= 0.6 is 0 Å². The lowest BCUT2D eigenvalue weighted by molar-refractivity contribution is 0.0703. The number of hydrogen-bond donors (Lipinski definition) is 2. The van der Waals surface area contributed by atoms with Gasteiger partial charge in [-0.05, 0) is 13.3 Å². The molecule has 0 amide bonds. The molecule has 0 aromatic heterocycles. The van der Waals surface area contributed by atoms with Crippen LogP contribution in [0.1, 0.15) is 13.3 Å². The van der Waals surface area contributed by atoms with Gasteiger partial charge in [-0.25, -0.2) is 0 Å². The molecule has 0 heterocycles. The summed E-state index contributed by atoms with van der Waals surface area (Å²) in [6.45, 7) is 2.30. The van der Waals surface area contributed by atoms with Crippen LogP contribution in [-0.2, 0) is 4.74 Å². The molecular weight excluding hydrogens is 132 g/mol. The molecule has 10 heavy (non-hydrogen) atoms. The van der Waals surface area contributed by atoms with E-state index in [9.17, 15) is 0 Å². The molecule has 0 aliphatic rings. The first-order chi connectivity index (χ1) is 4.70. The van der Waals surface area contributed by atoms with Crippen LogP contribution in [0.5, 0.6) is 0 Å². The molecule has 0 radical (unpaired) electrons. The summed E-state index contributed by atoms with van der Waals surface area (Å²) in [6, 6.07) is 0. The maximum absolute atomic E-state index is 8.91. The molecule has 3 nitrogen and oxygen atoms in total. The van der Waals surface area contributed by atoms with Gasteiger partial charge in [0.1, 0.15) is 0 Å². The van der Waals surface area contributed by atoms with E-state index in [1.54, 1.807) is 14.0 Å². The lowest BCUT2D eigenvalue weighted by atomic mass is 10.0. The number of hydrogen-bond acceptors (Lipinski definition) is 3. The van der Waals surface area contributed by atoms with Gasteiger partial charge in [-0.15, -0.1) is 0 Å². The molecule has 0 aromatic rings. The number of methoxy groups -OCH3 is 1. The Bertz CT molecular complexity index is 73.3. The topological polar surface area (TPSA) is 49.7 Å². The van der Waals surface area contributed by atoms with Crippen molar-refractivity contribution in [3.63, 3.8) is 0 Å². The van der Waals surface area contributed by atoms with Gasteiger partial charge in [-0.1, -0.05) is 0 Å². The van der Waals surface area contributed by atoms with E-state index in [1.165, 1.54) is 0 Å². The summed E-state index contributed by atoms with van der Waals surface area (Å²) >= 11 is 0. The molecule has 0 bridgehead atoms. The molecule has 2 N–H and O–H groups in total. The lowest BCUT2D eigenvalue weighted by Crippen LogP contribution is -2.18. The average molecular weight is 148 g/mol. The third-order valence-electron chi connectivity index (χ3n) is 1.34. The van der Waals surface area contributed by atoms with Crippen molar-refractivity contribution in [3.8, 4) is 0 Å². The molecule has 0 aliphatic heterocycles. The fraction of sp³-hybridized carbons (Fsp3) is 1.00. The van der Waals surface area contributed by atoms with Crippen LogP contribution in [0.3, 0.4) is 0 Å². The molecule has 0 saturated carbocycles. The molecule has 0 aliphatic carbocycles. The summed E-state index contributed by atoms with van der Waals surface area (Å²) in [4.78, 5) is 0. The van der Waals surface area contributed by atoms with E-state index < -0.39 is 0 Å². The van der Waals surface area contributed by atoms with E-state index >= 15 is 0 Å². The number of ether oxygens (including phenoxy) is 1. The second kappa shape index (κ2) is 5.65. The predicted molar refractivity (Wildman–Crippen MR) is 38.7 cm³/mol. The molecule has 3 heteroatoms. The Morgan fingerprint density at radius 3 is 2.40 bits per heavy atom. The van der Waals surface area contributed by atoms with Crippen molar-refractivity contribution in [2.45, 2.75) is 19.4 Å². The van der Waals surface area contributed by atoms with Crippen molar-refractivity contribution in [1.29, 1.82) is 0 Å². The summed E-state index contributed by atoms with van der Waals surface area (Å²) < 4.78 is 4.82. The highest BCUT2D eigenvalue weighted by atomic mass is 16.5. The normalized spacial score (nSPS) is 16.8. The molecular formula is C7H16O3. The van der Waals surface area contributed by atoms with E-state index in [1.807, 2.05) is 0 Å². The standard InChI is InChI=1S/C7H16O3/c1-6(9)3-7(4-8)5-10-2/h6-9H,3-5H2,1-2H3/t6-,7-/m1/s1. The van der Waals surface area contributed by atoms with Gasteiger partial charge in [-0.2, -0.15) is 0 Å². The fourth-order valence-corrected chi connectivity index (χ4v) is 0.913. The third kappa shape index (κ3) is 4.73. The predicted octanol–water partition coefficient (Wildman–Crippen LogP) is 0.0122. The van der Waals surface area contributed by atoms with E-state index in [0.29, 0.717) is 13.0 Å². The number of aliphatic hydroxyl groups excluding tert-OH is 2. The summed E-state index contributed by atoms with van der Waals surface area (Å²) in [6.07, 6.45) is 0.247. The summed E-state index contributed by atoms with van der Waals surface area (Å²) in [5.41, 5.74) is 0. The highest BCUT2D eigenvalue weighted by Gasteiger charge is 2.09. The first-order valence-corrected chi connectivity index (χ1v) is 3.48. The van der Waals surface area contributed by atoms with Gasteiger partial charge < -0.3 is 14.9 Å². The molecule has 0 fully saturated rings. The Morgan fingerprint density at radius 2 is 2.10 bits per heavy atom. The maximum Gasteiger partial charge on any atom is 0.0516 e. The second-order valence-corrected chi connectivity index (χ2v) is 2.59. The molecule has 0 rings (SSSR count). The zero-order valence-corrected chi connectivity index (χ0v) is 6.58. The van der Waals surface area contributed by atoms with Gasteiger partial charge in [0.2, 0.25) is 0 Å². The molecule has 0 spiro atoms. The smallest absolute Gasteiger partial charge is 0.0516 e. The average Bonchev–Trinajstić information content (AvgIpc) is 1.86. The van der Waals surface area contributed by atoms with Gasteiger partial charge in [-0.3, -0.25) is 0 Å². The van der Waals surface area contributed by atoms with Crippen LogP contribution in [0, 0.1) is 5.92 Å². The van der Waals surface area contributed by atoms with Gasteiger partial charge in [0.25, 0.3) is 0 Å². The van der Waals surface area contributed by atoms with Crippen LogP contribution in [0.25, 0.3) is 0 Å². The summed E-state index contributed by atoms with van der Waals surface area (Å²) in [5, 5.41) is 17.6. The zero-order valence-electron chi connectivity index (χ0n) is 6.58. The first-order valence-electron chi connectivity index (χ1n) is 3.48. The van der Waals surface area contributed by atoms with Crippen molar-refractivity contribution in [2.24, 2.45) is 5.92 Å². The Labute approximate surface area is 61.6 Å². The minimum atomic E-state index is -0.354. The Balaban J connectivity index is 3.39. The zero-order chi connectivity index (χ0) is 7.98. The largest absolute Gasteiger partial charge is 0.396 e. The second-order valence-electron chi connectivity index (χ2n) is 2.59. The monoisotopic (exact) mass is 148 g/mol. The quantitative estimate of drug-likeness (QED) is 0.577. The van der Waals surface area contributed by atoms with E-state index in [-0.39, 0.29) is 18.6 Å². The van der Waals surface area contributed by atoms with Crippen LogP contribution in [0.15, 0.2) is 0 Å². The molecule has 0 unspecified atom stereocenters. The van der Waals surface area contributed by atoms with E-state index in [0.717, 1.165) is 0 Å². The highest BCUT2D eigenvalue weighted by molar-refractivity contribution is 4.59. The molecule has 2 atom stereocenters. The number of aliphatic hydroxyl groups is 2. The molecule has 0 saturated heterocycles. The van der Waals surface area contributed by atoms with Crippen molar-refractivity contribution in [2.75, 3.05) is 20.3 Å². The number of rotatable bonds is 5.